The molecule has 1 N–H and O–H groups in total. The van der Waals surface area contributed by atoms with Crippen molar-refractivity contribution in [3.8, 4) is 35.8 Å². The lowest BCUT2D eigenvalue weighted by atomic mass is 9.92. The third-order valence-electron chi connectivity index (χ3n) is 8.12. The zero-order chi connectivity index (χ0) is 30.9. The minimum absolute atomic E-state index is 0.408. The summed E-state index contributed by atoms with van der Waals surface area (Å²) in [7, 11) is 3.33. The van der Waals surface area contributed by atoms with Crippen molar-refractivity contribution < 1.29 is 19.3 Å². The summed E-state index contributed by atoms with van der Waals surface area (Å²) in [6, 6.07) is 20.3. The van der Waals surface area contributed by atoms with Crippen LogP contribution in [-0.2, 0) is 19.4 Å². The molecule has 2 aliphatic rings. The Bertz CT molecular complexity index is 1230. The van der Waals surface area contributed by atoms with E-state index >= 15 is 0 Å². The van der Waals surface area contributed by atoms with E-state index in [1.807, 2.05) is 24.3 Å². The van der Waals surface area contributed by atoms with Crippen molar-refractivity contribution in [3.05, 3.63) is 77.4 Å². The third-order valence-corrected chi connectivity index (χ3v) is 8.12. The number of ether oxygens (including phenoxy) is 3. The fourth-order valence-electron chi connectivity index (χ4n) is 5.69. The molecule has 0 amide bonds. The maximum Gasteiger partial charge on any atom is 0.162 e. The summed E-state index contributed by atoms with van der Waals surface area (Å²) in [5.41, 5.74) is 5.14. The normalized spacial score (nSPS) is 14.4. The Kier molecular flexibility index (Phi) is 14.6. The van der Waals surface area contributed by atoms with Crippen LogP contribution in [-0.4, -0.2) is 57.0 Å². The topological polar surface area (TPSA) is 54.4 Å². The van der Waals surface area contributed by atoms with Crippen LogP contribution in [0.25, 0.3) is 0 Å². The zero-order valence-corrected chi connectivity index (χ0v) is 26.4. The second-order valence-electron chi connectivity index (χ2n) is 11.0. The van der Waals surface area contributed by atoms with Crippen molar-refractivity contribution >= 4 is 5.69 Å². The van der Waals surface area contributed by atoms with Gasteiger partial charge in [-0.3, -0.25) is 4.90 Å². The van der Waals surface area contributed by atoms with E-state index in [-0.39, 0.29) is 0 Å². The van der Waals surface area contributed by atoms with E-state index in [0.717, 1.165) is 55.6 Å². The van der Waals surface area contributed by atoms with Crippen LogP contribution in [0.5, 0.6) is 23.0 Å². The van der Waals surface area contributed by atoms with Gasteiger partial charge in [0.1, 0.15) is 18.1 Å². The van der Waals surface area contributed by atoms with Gasteiger partial charge in [-0.1, -0.05) is 31.0 Å². The Morgan fingerprint density at radius 1 is 0.767 bits per heavy atom. The number of anilines is 1. The molecule has 1 fully saturated rings. The molecule has 3 aromatic carbocycles. The fourth-order valence-corrected chi connectivity index (χ4v) is 5.69. The van der Waals surface area contributed by atoms with E-state index in [0.29, 0.717) is 5.75 Å². The van der Waals surface area contributed by atoms with E-state index in [4.69, 9.17) is 14.2 Å². The Hall–Kier alpha value is -3.82. The molecule has 232 valence electrons. The molecular weight excluding hydrogens is 536 g/mol. The van der Waals surface area contributed by atoms with Crippen molar-refractivity contribution in [2.75, 3.05) is 51.9 Å². The minimum atomic E-state index is 0.408. The van der Waals surface area contributed by atoms with E-state index in [1.165, 1.54) is 74.7 Å². The summed E-state index contributed by atoms with van der Waals surface area (Å²) in [6.07, 6.45) is 18.3. The molecule has 43 heavy (non-hydrogen) atoms. The van der Waals surface area contributed by atoms with E-state index in [9.17, 15) is 5.11 Å². The van der Waals surface area contributed by atoms with Gasteiger partial charge in [-0.2, -0.15) is 0 Å². The molecule has 6 nitrogen and oxygen atoms in total. The molecule has 0 spiro atoms. The maximum absolute atomic E-state index is 9.19. The Labute approximate surface area is 259 Å². The summed E-state index contributed by atoms with van der Waals surface area (Å²) >= 11 is 0. The highest BCUT2D eigenvalue weighted by atomic mass is 16.5. The number of aryl methyl sites for hydroxylation is 2. The molecule has 0 aromatic heterocycles. The second kappa shape index (κ2) is 18.7. The first-order chi connectivity index (χ1) is 21.1. The smallest absolute Gasteiger partial charge is 0.162 e. The molecule has 6 heteroatoms. The molecule has 1 heterocycles. The van der Waals surface area contributed by atoms with Crippen LogP contribution in [0.1, 0.15) is 62.1 Å². The van der Waals surface area contributed by atoms with Crippen molar-refractivity contribution in [3.63, 3.8) is 0 Å². The van der Waals surface area contributed by atoms with Crippen LogP contribution in [0.15, 0.2) is 60.7 Å². The summed E-state index contributed by atoms with van der Waals surface area (Å²) < 4.78 is 16.8. The van der Waals surface area contributed by atoms with E-state index in [2.05, 4.69) is 59.9 Å². The number of hydrogen-bond donors (Lipinski definition) is 1. The number of phenols is 1. The van der Waals surface area contributed by atoms with Crippen LogP contribution >= 0.6 is 0 Å². The van der Waals surface area contributed by atoms with Crippen LogP contribution in [0.3, 0.4) is 0 Å². The number of fused-ring (bicyclic) bond motifs is 1. The Morgan fingerprint density at radius 2 is 1.44 bits per heavy atom. The second-order valence-corrected chi connectivity index (χ2v) is 11.0. The molecule has 0 saturated carbocycles. The molecule has 5 rings (SSSR count). The first-order valence-corrected chi connectivity index (χ1v) is 15.6. The number of methoxy groups -OCH3 is 2. The summed E-state index contributed by atoms with van der Waals surface area (Å²) in [5.74, 6) is 2.86. The molecule has 1 saturated heterocycles. The molecule has 0 bridgehead atoms. The Morgan fingerprint density at radius 3 is 2.09 bits per heavy atom. The van der Waals surface area contributed by atoms with E-state index in [1.54, 1.807) is 20.3 Å². The Balaban J connectivity index is 0.000000322. The van der Waals surface area contributed by atoms with Gasteiger partial charge in [0.15, 0.2) is 11.5 Å². The average molecular weight is 587 g/mol. The molecule has 0 radical (unpaired) electrons. The lowest BCUT2D eigenvalue weighted by Crippen LogP contribution is -2.29. The van der Waals surface area contributed by atoms with Crippen molar-refractivity contribution in [1.29, 1.82) is 0 Å². The highest BCUT2D eigenvalue weighted by molar-refractivity contribution is 5.56. The number of terminal acetylenes is 1. The van der Waals surface area contributed by atoms with E-state index < -0.39 is 0 Å². The molecule has 0 atom stereocenters. The zero-order valence-electron chi connectivity index (χ0n) is 26.4. The van der Waals surface area contributed by atoms with Gasteiger partial charge in [0.05, 0.1) is 14.2 Å². The average Bonchev–Trinajstić information content (AvgIpc) is 3.34. The van der Waals surface area contributed by atoms with Gasteiger partial charge in [-0.15, -0.1) is 12.8 Å². The standard InChI is InChI=1S/C25H36N2O3.C10H12O.C2H2/c1-4-27(22-11-14-24(28-2)25(19-22)29-3)20-21-9-12-23(13-10-21)30-18-17-26-15-7-5-6-8-16-26;11-10-6-5-8-3-1-2-4-9(8)7-10;1-2/h9-14,19H,4-8,15-18,20H2,1-3H3;5-7,11H,1-4H2;1-2H. The van der Waals surface area contributed by atoms with Gasteiger partial charge in [-0.05, 0) is 112 Å². The van der Waals surface area contributed by atoms with Crippen LogP contribution in [0.4, 0.5) is 5.69 Å². The first kappa shape index (κ1) is 33.7. The van der Waals surface area contributed by atoms with Crippen LogP contribution < -0.4 is 19.1 Å². The number of rotatable bonds is 10. The molecule has 3 aromatic rings. The van der Waals surface area contributed by atoms with Gasteiger partial charge < -0.3 is 24.2 Å². The number of aromatic hydroxyl groups is 1. The van der Waals surface area contributed by atoms with Crippen molar-refractivity contribution in [1.82, 2.24) is 4.90 Å². The van der Waals surface area contributed by atoms with Gasteiger partial charge in [0.2, 0.25) is 0 Å². The van der Waals surface area contributed by atoms with Gasteiger partial charge >= 0.3 is 0 Å². The number of hydrogen-bond acceptors (Lipinski definition) is 6. The fraction of sp³-hybridized carbons (Fsp3) is 0.459. The highest BCUT2D eigenvalue weighted by Crippen LogP contribution is 2.32. The summed E-state index contributed by atoms with van der Waals surface area (Å²) in [6.45, 7) is 8.11. The quantitative estimate of drug-likeness (QED) is 0.248. The van der Waals surface area contributed by atoms with Gasteiger partial charge in [0, 0.05) is 31.4 Å². The minimum Gasteiger partial charge on any atom is -0.508 e. The lowest BCUT2D eigenvalue weighted by Gasteiger charge is -2.24. The number of nitrogens with zero attached hydrogens (tertiary/aromatic N) is 2. The lowest BCUT2D eigenvalue weighted by molar-refractivity contribution is 0.214. The monoisotopic (exact) mass is 586 g/mol. The summed E-state index contributed by atoms with van der Waals surface area (Å²) in [5, 5.41) is 9.19. The molecule has 0 unspecified atom stereocenters. The molecule has 1 aliphatic carbocycles. The predicted octanol–water partition coefficient (Wildman–Crippen LogP) is 7.51. The number of likely N-dealkylation sites (tertiary alicyclic amines) is 1. The van der Waals surface area contributed by atoms with Crippen LogP contribution in [0, 0.1) is 12.8 Å². The predicted molar refractivity (Wildman–Crippen MR) is 178 cm³/mol. The summed E-state index contributed by atoms with van der Waals surface area (Å²) in [4.78, 5) is 4.85. The molecular formula is C37H50N2O4. The van der Waals surface area contributed by atoms with Gasteiger partial charge in [0.25, 0.3) is 0 Å². The maximum atomic E-state index is 9.19. The number of phenolic OH excluding ortho intramolecular Hbond substituents is 1. The van der Waals surface area contributed by atoms with Crippen molar-refractivity contribution in [2.45, 2.75) is 64.8 Å². The first-order valence-electron chi connectivity index (χ1n) is 15.6. The largest absolute Gasteiger partial charge is 0.508 e. The number of benzene rings is 3. The highest BCUT2D eigenvalue weighted by Gasteiger charge is 2.12. The van der Waals surface area contributed by atoms with Crippen molar-refractivity contribution in [2.24, 2.45) is 0 Å². The van der Waals surface area contributed by atoms with Crippen LogP contribution in [0.2, 0.25) is 0 Å². The molecule has 1 aliphatic heterocycles. The SMILES string of the molecule is C#C.CCN(Cc1ccc(OCCN2CCCCCC2)cc1)c1ccc(OC)c(OC)c1.Oc1ccc2c(c1)CCCC2. The van der Waals surface area contributed by atoms with Gasteiger partial charge in [-0.25, -0.2) is 0 Å². The third kappa shape index (κ3) is 10.8.